The van der Waals surface area contributed by atoms with Crippen molar-refractivity contribution in [2.24, 2.45) is 5.92 Å². The number of fused-ring (bicyclic) bond motifs is 1. The van der Waals surface area contributed by atoms with E-state index in [0.29, 0.717) is 17.4 Å². The molecule has 0 fully saturated rings. The van der Waals surface area contributed by atoms with Gasteiger partial charge in [0.15, 0.2) is 18.1 Å². The lowest BCUT2D eigenvalue weighted by atomic mass is 10.1. The van der Waals surface area contributed by atoms with Crippen molar-refractivity contribution in [1.29, 1.82) is 0 Å². The topological polar surface area (TPSA) is 73.9 Å². The summed E-state index contributed by atoms with van der Waals surface area (Å²) in [6, 6.07) is 2.91. The molecule has 0 radical (unpaired) electrons. The summed E-state index contributed by atoms with van der Waals surface area (Å²) in [5.74, 6) is 0.0975. The van der Waals surface area contributed by atoms with Crippen molar-refractivity contribution < 1.29 is 23.8 Å². The SMILES string of the molecule is CC(C)C(C)NC(=O)COC(=O)c1cc(Cl)c2c(c1)OCO2. The van der Waals surface area contributed by atoms with Crippen molar-refractivity contribution in [3.05, 3.63) is 22.7 Å². The van der Waals surface area contributed by atoms with Gasteiger partial charge < -0.3 is 19.5 Å². The normalized spacial score (nSPS) is 13.9. The number of rotatable bonds is 5. The molecule has 1 aliphatic heterocycles. The van der Waals surface area contributed by atoms with Crippen molar-refractivity contribution in [3.63, 3.8) is 0 Å². The van der Waals surface area contributed by atoms with E-state index in [2.05, 4.69) is 5.32 Å². The molecule has 0 aliphatic carbocycles. The molecule has 1 aromatic rings. The maximum Gasteiger partial charge on any atom is 0.338 e. The quantitative estimate of drug-likeness (QED) is 0.840. The number of carbonyl (C=O) groups is 2. The average Bonchev–Trinajstić information content (AvgIpc) is 2.93. The molecule has 1 heterocycles. The van der Waals surface area contributed by atoms with Crippen LogP contribution >= 0.6 is 11.6 Å². The largest absolute Gasteiger partial charge is 0.454 e. The van der Waals surface area contributed by atoms with E-state index in [-0.39, 0.29) is 35.9 Å². The Morgan fingerprint density at radius 3 is 2.73 bits per heavy atom. The van der Waals surface area contributed by atoms with Crippen LogP contribution < -0.4 is 14.8 Å². The van der Waals surface area contributed by atoms with Crippen molar-refractivity contribution in [2.45, 2.75) is 26.8 Å². The standard InChI is InChI=1S/C15H18ClNO5/c1-8(2)9(3)17-13(18)6-20-15(19)10-4-11(16)14-12(5-10)21-7-22-14/h4-5,8-9H,6-7H2,1-3H3,(H,17,18). The minimum absolute atomic E-state index is 0.00573. The zero-order chi connectivity index (χ0) is 16.3. The van der Waals surface area contributed by atoms with Crippen LogP contribution in [0, 0.1) is 5.92 Å². The van der Waals surface area contributed by atoms with Crippen LogP contribution in [0.4, 0.5) is 0 Å². The monoisotopic (exact) mass is 327 g/mol. The number of esters is 1. The number of carbonyl (C=O) groups excluding carboxylic acids is 2. The van der Waals surface area contributed by atoms with Crippen LogP contribution in [0.25, 0.3) is 0 Å². The van der Waals surface area contributed by atoms with E-state index in [4.69, 9.17) is 25.8 Å². The van der Waals surface area contributed by atoms with E-state index in [0.717, 1.165) is 0 Å². The highest BCUT2D eigenvalue weighted by Gasteiger charge is 2.22. The summed E-state index contributed by atoms with van der Waals surface area (Å²) in [6.45, 7) is 5.59. The van der Waals surface area contributed by atoms with Gasteiger partial charge in [0.1, 0.15) is 0 Å². The molecule has 1 aromatic carbocycles. The summed E-state index contributed by atoms with van der Waals surface area (Å²) in [5.41, 5.74) is 0.207. The van der Waals surface area contributed by atoms with E-state index in [1.165, 1.54) is 12.1 Å². The number of hydrogen-bond acceptors (Lipinski definition) is 5. The van der Waals surface area contributed by atoms with Crippen LogP contribution in [0.1, 0.15) is 31.1 Å². The fourth-order valence-corrected chi connectivity index (χ4v) is 2.03. The first-order valence-electron chi connectivity index (χ1n) is 6.94. The Labute approximate surface area is 133 Å². The number of hydrogen-bond donors (Lipinski definition) is 1. The molecule has 1 unspecified atom stereocenters. The molecule has 1 aliphatic rings. The molecule has 120 valence electrons. The number of halogens is 1. The van der Waals surface area contributed by atoms with Gasteiger partial charge in [0.05, 0.1) is 10.6 Å². The van der Waals surface area contributed by atoms with Crippen LogP contribution in [-0.2, 0) is 9.53 Å². The predicted molar refractivity (Wildman–Crippen MR) is 80.3 cm³/mol. The Morgan fingerprint density at radius 2 is 2.05 bits per heavy atom. The third kappa shape index (κ3) is 3.82. The third-order valence-electron chi connectivity index (χ3n) is 3.39. The van der Waals surface area contributed by atoms with Gasteiger partial charge >= 0.3 is 5.97 Å². The van der Waals surface area contributed by atoms with Crippen molar-refractivity contribution in [2.75, 3.05) is 13.4 Å². The van der Waals surface area contributed by atoms with Gasteiger partial charge in [-0.2, -0.15) is 0 Å². The Morgan fingerprint density at radius 1 is 1.32 bits per heavy atom. The van der Waals surface area contributed by atoms with Gasteiger partial charge in [-0.15, -0.1) is 0 Å². The Balaban J connectivity index is 1.93. The minimum atomic E-state index is -0.646. The van der Waals surface area contributed by atoms with E-state index in [9.17, 15) is 9.59 Å². The van der Waals surface area contributed by atoms with E-state index >= 15 is 0 Å². The molecule has 0 saturated heterocycles. The summed E-state index contributed by atoms with van der Waals surface area (Å²) >= 11 is 5.99. The number of benzene rings is 1. The molecule has 22 heavy (non-hydrogen) atoms. The molecule has 0 aromatic heterocycles. The molecular weight excluding hydrogens is 310 g/mol. The maximum atomic E-state index is 12.0. The van der Waals surface area contributed by atoms with Crippen molar-refractivity contribution in [1.82, 2.24) is 5.32 Å². The number of nitrogens with one attached hydrogen (secondary N) is 1. The summed E-state index contributed by atoms with van der Waals surface area (Å²) < 4.78 is 15.3. The summed E-state index contributed by atoms with van der Waals surface area (Å²) in [6.07, 6.45) is 0. The fraction of sp³-hybridized carbons (Fsp3) is 0.467. The first-order chi connectivity index (χ1) is 10.4. The molecule has 1 atom stereocenters. The molecule has 7 heteroatoms. The molecule has 1 N–H and O–H groups in total. The second-order valence-corrected chi connectivity index (χ2v) is 5.78. The molecule has 0 bridgehead atoms. The second-order valence-electron chi connectivity index (χ2n) is 5.37. The highest BCUT2D eigenvalue weighted by molar-refractivity contribution is 6.32. The average molecular weight is 328 g/mol. The zero-order valence-corrected chi connectivity index (χ0v) is 13.4. The first-order valence-corrected chi connectivity index (χ1v) is 7.32. The molecule has 6 nitrogen and oxygen atoms in total. The number of amides is 1. The van der Waals surface area contributed by atoms with Crippen LogP contribution in [-0.4, -0.2) is 31.3 Å². The highest BCUT2D eigenvalue weighted by Crippen LogP contribution is 2.39. The lowest BCUT2D eigenvalue weighted by Crippen LogP contribution is -2.38. The smallest absolute Gasteiger partial charge is 0.338 e. The fourth-order valence-electron chi connectivity index (χ4n) is 1.76. The number of ether oxygens (including phenoxy) is 3. The van der Waals surface area contributed by atoms with Gasteiger partial charge in [-0.1, -0.05) is 25.4 Å². The first kappa shape index (κ1) is 16.4. The molecule has 2 rings (SSSR count). The summed E-state index contributed by atoms with van der Waals surface area (Å²) in [4.78, 5) is 23.7. The van der Waals surface area contributed by atoms with E-state index in [1.54, 1.807) is 0 Å². The summed E-state index contributed by atoms with van der Waals surface area (Å²) in [5, 5.41) is 3.02. The van der Waals surface area contributed by atoms with Gasteiger partial charge in [-0.05, 0) is 25.0 Å². The van der Waals surface area contributed by atoms with Gasteiger partial charge in [-0.3, -0.25) is 4.79 Å². The van der Waals surface area contributed by atoms with E-state index in [1.807, 2.05) is 20.8 Å². The van der Waals surface area contributed by atoms with Crippen LogP contribution in [0.2, 0.25) is 5.02 Å². The van der Waals surface area contributed by atoms with Gasteiger partial charge in [0.2, 0.25) is 6.79 Å². The minimum Gasteiger partial charge on any atom is -0.454 e. The van der Waals surface area contributed by atoms with Gasteiger partial charge in [0.25, 0.3) is 5.91 Å². The Kier molecular flexibility index (Phi) is 5.13. The van der Waals surface area contributed by atoms with Gasteiger partial charge in [-0.25, -0.2) is 4.79 Å². The second kappa shape index (κ2) is 6.87. The predicted octanol–water partition coefficient (Wildman–Crippen LogP) is 2.39. The van der Waals surface area contributed by atoms with Crippen LogP contribution in [0.3, 0.4) is 0 Å². The van der Waals surface area contributed by atoms with E-state index < -0.39 is 5.97 Å². The Hall–Kier alpha value is -1.95. The lowest BCUT2D eigenvalue weighted by molar-refractivity contribution is -0.125. The van der Waals surface area contributed by atoms with Crippen LogP contribution in [0.5, 0.6) is 11.5 Å². The van der Waals surface area contributed by atoms with Crippen LogP contribution in [0.15, 0.2) is 12.1 Å². The molecule has 1 amide bonds. The molecule has 0 saturated carbocycles. The lowest BCUT2D eigenvalue weighted by Gasteiger charge is -2.17. The molecular formula is C15H18ClNO5. The zero-order valence-electron chi connectivity index (χ0n) is 12.6. The van der Waals surface area contributed by atoms with Crippen molar-refractivity contribution in [3.8, 4) is 11.5 Å². The van der Waals surface area contributed by atoms with Crippen molar-refractivity contribution >= 4 is 23.5 Å². The Bertz CT molecular complexity index is 588. The third-order valence-corrected chi connectivity index (χ3v) is 3.67. The summed E-state index contributed by atoms with van der Waals surface area (Å²) in [7, 11) is 0. The highest BCUT2D eigenvalue weighted by atomic mass is 35.5. The maximum absolute atomic E-state index is 12.0. The molecule has 0 spiro atoms. The van der Waals surface area contributed by atoms with Gasteiger partial charge in [0, 0.05) is 6.04 Å².